The topological polar surface area (TPSA) is 21.7 Å². The highest BCUT2D eigenvalue weighted by atomic mass is 16.7. The molecule has 0 radical (unpaired) electrons. The van der Waals surface area contributed by atoms with Crippen molar-refractivity contribution in [3.05, 3.63) is 0 Å². The Hall–Kier alpha value is -0.120. The molecule has 0 aromatic rings. The Morgan fingerprint density at radius 3 is 2.64 bits per heavy atom. The first-order valence-electron chi connectivity index (χ1n) is 9.62. The zero-order chi connectivity index (χ0) is 15.2. The molecule has 3 nitrogen and oxygen atoms in total. The molecule has 0 N–H and O–H groups in total. The van der Waals surface area contributed by atoms with E-state index in [4.69, 9.17) is 9.47 Å². The van der Waals surface area contributed by atoms with Gasteiger partial charge < -0.3 is 14.4 Å². The van der Waals surface area contributed by atoms with Crippen LogP contribution in [-0.2, 0) is 9.47 Å². The summed E-state index contributed by atoms with van der Waals surface area (Å²) in [7, 11) is 0. The average Bonchev–Trinajstić information content (AvgIpc) is 3.19. The summed E-state index contributed by atoms with van der Waals surface area (Å²) in [5.41, 5.74) is 0.501. The predicted octanol–water partition coefficient (Wildman–Crippen LogP) is 3.68. The molecule has 2 saturated heterocycles. The molecular formula is C19H33NO2. The highest BCUT2D eigenvalue weighted by Gasteiger charge is 2.53. The van der Waals surface area contributed by atoms with Crippen molar-refractivity contribution in [3.63, 3.8) is 0 Å². The van der Waals surface area contributed by atoms with Crippen molar-refractivity contribution in [2.75, 3.05) is 26.2 Å². The van der Waals surface area contributed by atoms with E-state index in [-0.39, 0.29) is 6.29 Å². The molecule has 2 aliphatic heterocycles. The molecule has 22 heavy (non-hydrogen) atoms. The van der Waals surface area contributed by atoms with Crippen LogP contribution in [0.15, 0.2) is 0 Å². The molecule has 2 bridgehead atoms. The van der Waals surface area contributed by atoms with Crippen LogP contribution in [0.4, 0.5) is 0 Å². The Labute approximate surface area is 135 Å². The molecule has 4 rings (SSSR count). The number of rotatable bonds is 4. The van der Waals surface area contributed by atoms with E-state index in [0.717, 1.165) is 37.3 Å². The number of nitrogens with zero attached hydrogens (tertiary/aromatic N) is 1. The first-order valence-corrected chi connectivity index (χ1v) is 9.62. The molecule has 126 valence electrons. The van der Waals surface area contributed by atoms with Crippen LogP contribution in [0.5, 0.6) is 0 Å². The second-order valence-corrected chi connectivity index (χ2v) is 8.82. The zero-order valence-corrected chi connectivity index (χ0v) is 14.4. The van der Waals surface area contributed by atoms with Gasteiger partial charge in [0.05, 0.1) is 12.7 Å². The minimum absolute atomic E-state index is 0.0680. The van der Waals surface area contributed by atoms with Crippen molar-refractivity contribution in [1.82, 2.24) is 4.90 Å². The van der Waals surface area contributed by atoms with Crippen LogP contribution in [0, 0.1) is 23.2 Å². The number of piperidine rings is 1. The van der Waals surface area contributed by atoms with Crippen LogP contribution < -0.4 is 0 Å². The maximum atomic E-state index is 6.26. The molecule has 4 aliphatic rings. The second kappa shape index (κ2) is 6.07. The molecule has 0 amide bonds. The van der Waals surface area contributed by atoms with E-state index in [1.165, 1.54) is 51.6 Å². The lowest BCUT2D eigenvalue weighted by atomic mass is 9.67. The van der Waals surface area contributed by atoms with E-state index < -0.39 is 0 Å². The molecule has 5 atom stereocenters. The zero-order valence-electron chi connectivity index (χ0n) is 14.4. The number of hydrogen-bond donors (Lipinski definition) is 0. The third kappa shape index (κ3) is 2.85. The van der Waals surface area contributed by atoms with Gasteiger partial charge in [0.15, 0.2) is 6.29 Å². The fourth-order valence-corrected chi connectivity index (χ4v) is 5.83. The average molecular weight is 307 g/mol. The van der Waals surface area contributed by atoms with Gasteiger partial charge in [-0.25, -0.2) is 0 Å². The second-order valence-electron chi connectivity index (χ2n) is 8.82. The lowest BCUT2D eigenvalue weighted by Crippen LogP contribution is -2.38. The van der Waals surface area contributed by atoms with Crippen molar-refractivity contribution in [2.45, 2.75) is 71.2 Å². The molecule has 0 aromatic carbocycles. The molecule has 4 fully saturated rings. The van der Waals surface area contributed by atoms with Crippen LogP contribution in [-0.4, -0.2) is 43.5 Å². The Kier molecular flexibility index (Phi) is 4.25. The molecule has 2 aliphatic carbocycles. The van der Waals surface area contributed by atoms with Crippen LogP contribution in [0.2, 0.25) is 0 Å². The normalized spacial score (nSPS) is 44.7. The third-order valence-electron chi connectivity index (χ3n) is 7.22. The minimum Gasteiger partial charge on any atom is -0.350 e. The summed E-state index contributed by atoms with van der Waals surface area (Å²) >= 11 is 0. The maximum absolute atomic E-state index is 6.26. The lowest BCUT2D eigenvalue weighted by Gasteiger charge is -2.39. The van der Waals surface area contributed by atoms with E-state index in [1.807, 2.05) is 0 Å². The number of likely N-dealkylation sites (tertiary alicyclic amines) is 1. The monoisotopic (exact) mass is 307 g/mol. The number of ether oxygens (including phenoxy) is 2. The molecule has 2 heterocycles. The minimum atomic E-state index is 0.0680. The van der Waals surface area contributed by atoms with Crippen molar-refractivity contribution >= 4 is 0 Å². The molecular weight excluding hydrogens is 274 g/mol. The maximum Gasteiger partial charge on any atom is 0.158 e. The quantitative estimate of drug-likeness (QED) is 0.791. The first-order chi connectivity index (χ1) is 10.6. The third-order valence-corrected chi connectivity index (χ3v) is 7.22. The summed E-state index contributed by atoms with van der Waals surface area (Å²) in [4.78, 5) is 2.57. The summed E-state index contributed by atoms with van der Waals surface area (Å²) < 4.78 is 12.3. The molecule has 2 saturated carbocycles. The fraction of sp³-hybridized carbons (Fsp3) is 1.00. The highest BCUT2D eigenvalue weighted by molar-refractivity contribution is 5.02. The standard InChI is InChI=1S/C19H33NO2/c1-19(2)15-7-6-14(10-15)17(19)11-18-21-13-16(22-18)12-20-8-4-3-5-9-20/h14-18H,3-13H2,1-2H3/t14-,15+,16+,17-,18-/m1/s1. The van der Waals surface area contributed by atoms with Gasteiger partial charge in [-0.1, -0.05) is 20.3 Å². The Bertz CT molecular complexity index is 391. The molecule has 0 unspecified atom stereocenters. The van der Waals surface area contributed by atoms with E-state index >= 15 is 0 Å². The number of fused-ring (bicyclic) bond motifs is 2. The summed E-state index contributed by atoms with van der Waals surface area (Å²) in [5.74, 6) is 2.70. The van der Waals surface area contributed by atoms with E-state index in [2.05, 4.69) is 18.7 Å². The Morgan fingerprint density at radius 1 is 1.09 bits per heavy atom. The van der Waals surface area contributed by atoms with Crippen LogP contribution >= 0.6 is 0 Å². The summed E-state index contributed by atoms with van der Waals surface area (Å²) in [6.07, 6.45) is 9.99. The molecule has 0 spiro atoms. The van der Waals surface area contributed by atoms with E-state index in [9.17, 15) is 0 Å². The number of hydrogen-bond acceptors (Lipinski definition) is 3. The van der Waals surface area contributed by atoms with Gasteiger partial charge in [0.2, 0.25) is 0 Å². The SMILES string of the molecule is CC1(C)[C@H]2CC[C@H](C2)[C@H]1C[C@@H]1OC[C@H](CN2CCCCC2)O1. The van der Waals surface area contributed by atoms with Gasteiger partial charge in [0.1, 0.15) is 0 Å². The fourth-order valence-electron chi connectivity index (χ4n) is 5.83. The van der Waals surface area contributed by atoms with Crippen LogP contribution in [0.25, 0.3) is 0 Å². The molecule has 3 heteroatoms. The largest absolute Gasteiger partial charge is 0.350 e. The lowest BCUT2D eigenvalue weighted by molar-refractivity contribution is -0.0909. The van der Waals surface area contributed by atoms with Gasteiger partial charge in [-0.05, 0) is 68.4 Å². The Balaban J connectivity index is 1.28. The predicted molar refractivity (Wildman–Crippen MR) is 87.6 cm³/mol. The van der Waals surface area contributed by atoms with Gasteiger partial charge in [-0.2, -0.15) is 0 Å². The van der Waals surface area contributed by atoms with Gasteiger partial charge in [0, 0.05) is 13.0 Å². The van der Waals surface area contributed by atoms with Gasteiger partial charge in [-0.3, -0.25) is 0 Å². The van der Waals surface area contributed by atoms with Crippen molar-refractivity contribution < 1.29 is 9.47 Å². The summed E-state index contributed by atoms with van der Waals surface area (Å²) in [6, 6.07) is 0. The van der Waals surface area contributed by atoms with Gasteiger partial charge in [-0.15, -0.1) is 0 Å². The van der Waals surface area contributed by atoms with Crippen molar-refractivity contribution in [3.8, 4) is 0 Å². The van der Waals surface area contributed by atoms with Crippen molar-refractivity contribution in [1.29, 1.82) is 0 Å². The smallest absolute Gasteiger partial charge is 0.158 e. The van der Waals surface area contributed by atoms with E-state index in [0.29, 0.717) is 11.5 Å². The summed E-state index contributed by atoms with van der Waals surface area (Å²) in [5, 5.41) is 0. The van der Waals surface area contributed by atoms with Crippen LogP contribution in [0.3, 0.4) is 0 Å². The molecule has 0 aromatic heterocycles. The Morgan fingerprint density at radius 2 is 1.91 bits per heavy atom. The summed E-state index contributed by atoms with van der Waals surface area (Å²) in [6.45, 7) is 9.37. The van der Waals surface area contributed by atoms with Gasteiger partial charge in [0.25, 0.3) is 0 Å². The van der Waals surface area contributed by atoms with Gasteiger partial charge >= 0.3 is 0 Å². The van der Waals surface area contributed by atoms with Crippen molar-refractivity contribution in [2.24, 2.45) is 23.2 Å². The van der Waals surface area contributed by atoms with E-state index in [1.54, 1.807) is 0 Å². The first kappa shape index (κ1) is 15.4. The highest BCUT2D eigenvalue weighted by Crippen LogP contribution is 2.60. The van der Waals surface area contributed by atoms with Crippen LogP contribution in [0.1, 0.15) is 58.8 Å².